The third kappa shape index (κ3) is 2.38. The molecule has 0 spiro atoms. The second-order valence-corrected chi connectivity index (χ2v) is 5.06. The average Bonchev–Trinajstić information content (AvgIpc) is 3.09. The maximum absolute atomic E-state index is 4.44. The van der Waals surface area contributed by atoms with Crippen LogP contribution >= 0.6 is 0 Å². The summed E-state index contributed by atoms with van der Waals surface area (Å²) in [5, 5.41) is 17.6. The minimum absolute atomic E-state index is 0.476. The van der Waals surface area contributed by atoms with Crippen molar-refractivity contribution in [3.05, 3.63) is 43.1 Å². The first-order chi connectivity index (χ1) is 10.4. The highest BCUT2D eigenvalue weighted by molar-refractivity contribution is 5.67. The molecule has 0 unspecified atom stereocenters. The molecule has 106 valence electrons. The first-order valence-electron chi connectivity index (χ1n) is 6.85. The summed E-state index contributed by atoms with van der Waals surface area (Å²) in [5.41, 5.74) is 3.07. The van der Waals surface area contributed by atoms with E-state index in [-0.39, 0.29) is 0 Å². The largest absolute Gasteiger partial charge is 0.338 e. The van der Waals surface area contributed by atoms with Gasteiger partial charge in [-0.3, -0.25) is 9.78 Å². The number of pyridine rings is 1. The molecule has 1 aliphatic rings. The fourth-order valence-electron chi connectivity index (χ4n) is 2.29. The molecule has 21 heavy (non-hydrogen) atoms. The summed E-state index contributed by atoms with van der Waals surface area (Å²) in [6, 6.07) is 4.47. The van der Waals surface area contributed by atoms with Crippen LogP contribution in [0.25, 0.3) is 11.1 Å². The molecule has 4 rings (SSSR count). The normalized spacial score (nSPS) is 14.9. The monoisotopic (exact) mass is 281 g/mol. The highest BCUT2D eigenvalue weighted by atomic mass is 15.3. The van der Waals surface area contributed by atoms with Gasteiger partial charge in [0, 0.05) is 37.2 Å². The van der Waals surface area contributed by atoms with Gasteiger partial charge in [0.2, 0.25) is 0 Å². The number of hydrogen-bond acceptors (Lipinski definition) is 5. The molecule has 3 N–H and O–H groups in total. The lowest BCUT2D eigenvalue weighted by atomic mass is 10.1. The van der Waals surface area contributed by atoms with Gasteiger partial charge in [-0.1, -0.05) is 0 Å². The van der Waals surface area contributed by atoms with E-state index in [2.05, 4.69) is 37.1 Å². The lowest BCUT2D eigenvalue weighted by Gasteiger charge is -2.27. The summed E-state index contributed by atoms with van der Waals surface area (Å²) in [6.45, 7) is 1.98. The van der Waals surface area contributed by atoms with E-state index in [1.54, 1.807) is 18.6 Å². The van der Waals surface area contributed by atoms with Crippen LogP contribution in [0.5, 0.6) is 0 Å². The van der Waals surface area contributed by atoms with Gasteiger partial charge in [-0.05, 0) is 17.7 Å². The zero-order valence-electron chi connectivity index (χ0n) is 11.3. The van der Waals surface area contributed by atoms with Crippen molar-refractivity contribution < 1.29 is 0 Å². The van der Waals surface area contributed by atoms with Gasteiger partial charge in [0.05, 0.1) is 24.1 Å². The van der Waals surface area contributed by atoms with Crippen LogP contribution in [0.1, 0.15) is 6.04 Å². The molecule has 1 fully saturated rings. The predicted molar refractivity (Wildman–Crippen MR) is 79.2 cm³/mol. The number of aromatic amines is 1. The molecular weight excluding hydrogens is 266 g/mol. The molecule has 0 aliphatic carbocycles. The lowest BCUT2D eigenvalue weighted by Crippen LogP contribution is -2.43. The molecule has 7 heteroatoms. The summed E-state index contributed by atoms with van der Waals surface area (Å²) in [5.74, 6) is 0.784. The van der Waals surface area contributed by atoms with E-state index in [4.69, 9.17) is 0 Å². The first kappa shape index (κ1) is 12.1. The average molecular weight is 281 g/mol. The van der Waals surface area contributed by atoms with Crippen LogP contribution in [-0.4, -0.2) is 38.1 Å². The van der Waals surface area contributed by atoms with Crippen LogP contribution < -0.4 is 10.6 Å². The second kappa shape index (κ2) is 5.02. The highest BCUT2D eigenvalue weighted by Crippen LogP contribution is 2.23. The number of hydrogen-bond donors (Lipinski definition) is 3. The van der Waals surface area contributed by atoms with Gasteiger partial charge in [0.25, 0.3) is 0 Å². The Hall–Kier alpha value is -2.67. The van der Waals surface area contributed by atoms with Crippen molar-refractivity contribution >= 4 is 11.5 Å². The molecular formula is C14H15N7. The Morgan fingerprint density at radius 3 is 2.95 bits per heavy atom. The number of H-pyrrole nitrogens is 1. The van der Waals surface area contributed by atoms with Gasteiger partial charge in [0.15, 0.2) is 0 Å². The van der Waals surface area contributed by atoms with Crippen LogP contribution in [0.15, 0.2) is 43.1 Å². The van der Waals surface area contributed by atoms with Crippen LogP contribution in [0.3, 0.4) is 0 Å². The Labute approximate surface area is 121 Å². The van der Waals surface area contributed by atoms with E-state index in [9.17, 15) is 0 Å². The van der Waals surface area contributed by atoms with Crippen molar-refractivity contribution in [3.63, 3.8) is 0 Å². The Bertz CT molecular complexity index is 727. The van der Waals surface area contributed by atoms with Gasteiger partial charge in [0.1, 0.15) is 5.82 Å². The Morgan fingerprint density at radius 2 is 2.19 bits per heavy atom. The van der Waals surface area contributed by atoms with Crippen LogP contribution in [0.4, 0.5) is 11.5 Å². The van der Waals surface area contributed by atoms with Crippen LogP contribution in [0.2, 0.25) is 0 Å². The number of nitrogens with zero attached hydrogens (tertiary/aromatic N) is 4. The minimum atomic E-state index is 0.476. The zero-order chi connectivity index (χ0) is 14.1. The highest BCUT2D eigenvalue weighted by Gasteiger charge is 2.19. The van der Waals surface area contributed by atoms with Crippen molar-refractivity contribution in [2.75, 3.05) is 18.4 Å². The molecule has 0 bridgehead atoms. The Morgan fingerprint density at radius 1 is 1.24 bits per heavy atom. The molecule has 7 nitrogen and oxygen atoms in total. The Kier molecular flexibility index (Phi) is 2.89. The summed E-state index contributed by atoms with van der Waals surface area (Å²) < 4.78 is 2.02. The zero-order valence-corrected chi connectivity index (χ0v) is 11.3. The SMILES string of the molecule is c1cc(-c2cnn(C3CNC3)c2)cc(Nc2cn[nH]c2)n1. The van der Waals surface area contributed by atoms with Gasteiger partial charge >= 0.3 is 0 Å². The number of aromatic nitrogens is 5. The molecule has 3 aromatic heterocycles. The van der Waals surface area contributed by atoms with Crippen molar-refractivity contribution in [1.82, 2.24) is 30.3 Å². The minimum Gasteiger partial charge on any atom is -0.338 e. The quantitative estimate of drug-likeness (QED) is 0.676. The van der Waals surface area contributed by atoms with Gasteiger partial charge in [-0.15, -0.1) is 0 Å². The van der Waals surface area contributed by atoms with Gasteiger partial charge in [-0.2, -0.15) is 10.2 Å². The van der Waals surface area contributed by atoms with Crippen molar-refractivity contribution in [3.8, 4) is 11.1 Å². The fraction of sp³-hybridized carbons (Fsp3) is 0.214. The van der Waals surface area contributed by atoms with E-state index < -0.39 is 0 Å². The van der Waals surface area contributed by atoms with E-state index in [0.717, 1.165) is 35.7 Å². The van der Waals surface area contributed by atoms with Crippen molar-refractivity contribution in [2.45, 2.75) is 6.04 Å². The maximum Gasteiger partial charge on any atom is 0.130 e. The molecule has 1 saturated heterocycles. The third-order valence-corrected chi connectivity index (χ3v) is 3.60. The Balaban J connectivity index is 1.58. The van der Waals surface area contributed by atoms with Gasteiger partial charge < -0.3 is 10.6 Å². The number of nitrogens with one attached hydrogen (secondary N) is 3. The number of anilines is 2. The van der Waals surface area contributed by atoms with E-state index in [1.165, 1.54) is 0 Å². The summed E-state index contributed by atoms with van der Waals surface area (Å²) in [4.78, 5) is 4.32. The number of rotatable bonds is 4. The molecule has 0 amide bonds. The van der Waals surface area contributed by atoms with Crippen molar-refractivity contribution in [1.29, 1.82) is 0 Å². The summed E-state index contributed by atoms with van der Waals surface area (Å²) in [6.07, 6.45) is 9.28. The second-order valence-electron chi connectivity index (χ2n) is 5.06. The van der Waals surface area contributed by atoms with E-state index >= 15 is 0 Å². The first-order valence-corrected chi connectivity index (χ1v) is 6.85. The molecule has 4 heterocycles. The van der Waals surface area contributed by atoms with Crippen LogP contribution in [-0.2, 0) is 0 Å². The van der Waals surface area contributed by atoms with E-state index in [0.29, 0.717) is 6.04 Å². The standard InChI is InChI=1S/C14H15N7/c1-2-16-14(20-12-5-17-18-6-12)3-10(1)11-4-19-21(9-11)13-7-15-8-13/h1-6,9,13,15H,7-8H2,(H,16,20)(H,17,18). The molecule has 1 aliphatic heterocycles. The van der Waals surface area contributed by atoms with Crippen LogP contribution in [0, 0.1) is 0 Å². The maximum atomic E-state index is 4.44. The molecule has 3 aromatic rings. The molecule has 0 saturated carbocycles. The lowest BCUT2D eigenvalue weighted by molar-refractivity contribution is 0.318. The predicted octanol–water partition coefficient (Wildman–Crippen LogP) is 1.56. The van der Waals surface area contributed by atoms with Crippen molar-refractivity contribution in [2.24, 2.45) is 0 Å². The molecule has 0 atom stereocenters. The fourth-order valence-corrected chi connectivity index (χ4v) is 2.29. The smallest absolute Gasteiger partial charge is 0.130 e. The summed E-state index contributed by atoms with van der Waals surface area (Å²) in [7, 11) is 0. The van der Waals surface area contributed by atoms with E-state index in [1.807, 2.05) is 23.0 Å². The van der Waals surface area contributed by atoms with Gasteiger partial charge in [-0.25, -0.2) is 4.98 Å². The third-order valence-electron chi connectivity index (χ3n) is 3.60. The molecule has 0 radical (unpaired) electrons. The molecule has 0 aromatic carbocycles. The summed E-state index contributed by atoms with van der Waals surface area (Å²) >= 11 is 0. The topological polar surface area (TPSA) is 83.5 Å².